The van der Waals surface area contributed by atoms with Crippen LogP contribution in [0.4, 0.5) is 0 Å². The number of rotatable bonds is 5. The number of Topliss-reactive ketones (excluding diaryl/α,β-unsaturated/α-hetero) is 1. The Bertz CT molecular complexity index is 933. The predicted molar refractivity (Wildman–Crippen MR) is 106 cm³/mol. The predicted octanol–water partition coefficient (Wildman–Crippen LogP) is 3.76. The average Bonchev–Trinajstić information content (AvgIpc) is 2.91. The highest BCUT2D eigenvalue weighted by atomic mass is 16.6. The van der Waals surface area contributed by atoms with Crippen molar-refractivity contribution >= 4 is 35.4 Å². The summed E-state index contributed by atoms with van der Waals surface area (Å²) in [5.41, 5.74) is 0.580. The molecule has 7 heteroatoms. The third-order valence-electron chi connectivity index (χ3n) is 3.50. The molecule has 1 aromatic heterocycles. The molecule has 27 heavy (non-hydrogen) atoms. The molecule has 0 atom stereocenters. The maximum atomic E-state index is 12.2. The number of hydrogen-bond acceptors (Lipinski definition) is 5. The fraction of sp³-hybridized carbons (Fsp3) is 0.300. The van der Waals surface area contributed by atoms with Crippen LogP contribution in [0.25, 0.3) is 10.9 Å². The van der Waals surface area contributed by atoms with Crippen molar-refractivity contribution in [2.24, 2.45) is 9.98 Å². The van der Waals surface area contributed by atoms with Crippen LogP contribution in [0.3, 0.4) is 0 Å². The van der Waals surface area contributed by atoms with Gasteiger partial charge in [-0.3, -0.25) is 9.59 Å². The van der Waals surface area contributed by atoms with Gasteiger partial charge in [0.1, 0.15) is 17.9 Å². The molecule has 0 aliphatic rings. The van der Waals surface area contributed by atoms with Gasteiger partial charge in [-0.2, -0.15) is 0 Å². The highest BCUT2D eigenvalue weighted by molar-refractivity contribution is 6.07. The van der Waals surface area contributed by atoms with Gasteiger partial charge in [0.05, 0.1) is 5.52 Å². The number of carbonyl (C=O) groups is 2. The molecular formula is C20H23N3O4. The maximum Gasteiger partial charge on any atom is 0.326 e. The quantitative estimate of drug-likeness (QED) is 0.348. The Labute approximate surface area is 158 Å². The summed E-state index contributed by atoms with van der Waals surface area (Å²) in [6, 6.07) is 5.19. The van der Waals surface area contributed by atoms with Crippen LogP contribution in [0.1, 0.15) is 38.1 Å². The second kappa shape index (κ2) is 7.99. The van der Waals surface area contributed by atoms with E-state index in [4.69, 9.17) is 9.47 Å². The Balaban J connectivity index is 2.46. The highest BCUT2D eigenvalue weighted by Crippen LogP contribution is 2.27. The van der Waals surface area contributed by atoms with Gasteiger partial charge in [0, 0.05) is 29.4 Å². The van der Waals surface area contributed by atoms with Gasteiger partial charge in [0.2, 0.25) is 0 Å². The van der Waals surface area contributed by atoms with Crippen molar-refractivity contribution in [3.63, 3.8) is 0 Å². The Hall–Kier alpha value is -3.22. The van der Waals surface area contributed by atoms with Crippen molar-refractivity contribution in [2.45, 2.75) is 39.8 Å². The largest absolute Gasteiger partial charge is 0.459 e. The average molecular weight is 369 g/mol. The first-order chi connectivity index (χ1) is 12.6. The number of benzene rings is 1. The van der Waals surface area contributed by atoms with Crippen LogP contribution in [0.2, 0.25) is 0 Å². The second-order valence-corrected chi connectivity index (χ2v) is 6.85. The number of hydrogen-bond donors (Lipinski definition) is 0. The summed E-state index contributed by atoms with van der Waals surface area (Å²) in [7, 11) is 0. The zero-order chi connectivity index (χ0) is 20.2. The molecule has 1 aromatic carbocycles. The summed E-state index contributed by atoms with van der Waals surface area (Å²) in [4.78, 5) is 31.7. The molecule has 7 nitrogen and oxygen atoms in total. The number of ether oxygens (including phenoxy) is 2. The third kappa shape index (κ3) is 5.13. The van der Waals surface area contributed by atoms with Gasteiger partial charge in [-0.15, -0.1) is 0 Å². The fourth-order valence-corrected chi connectivity index (χ4v) is 2.54. The van der Waals surface area contributed by atoms with Gasteiger partial charge in [0.25, 0.3) is 0 Å². The van der Waals surface area contributed by atoms with Crippen molar-refractivity contribution in [2.75, 3.05) is 0 Å². The number of amidine groups is 1. The molecule has 0 fully saturated rings. The Kier molecular flexibility index (Phi) is 5.95. The summed E-state index contributed by atoms with van der Waals surface area (Å²) in [6.07, 6.45) is 2.94. The van der Waals surface area contributed by atoms with Crippen molar-refractivity contribution in [3.8, 4) is 5.75 Å². The van der Waals surface area contributed by atoms with E-state index in [1.54, 1.807) is 49.7 Å². The van der Waals surface area contributed by atoms with Crippen LogP contribution in [0.15, 0.2) is 47.2 Å². The SMILES string of the molecule is C=CN=C(N=C)Oc1ccc2c(C(C)=O)cn(CC(=O)OC(C)(C)C)c2c1. The van der Waals surface area contributed by atoms with Crippen molar-refractivity contribution < 1.29 is 19.1 Å². The second-order valence-electron chi connectivity index (χ2n) is 6.85. The Morgan fingerprint density at radius 2 is 2.00 bits per heavy atom. The van der Waals surface area contributed by atoms with E-state index in [2.05, 4.69) is 23.3 Å². The summed E-state index contributed by atoms with van der Waals surface area (Å²) in [5.74, 6) is -0.0603. The van der Waals surface area contributed by atoms with Crippen LogP contribution in [0, 0.1) is 0 Å². The number of carbonyl (C=O) groups excluding carboxylic acids is 2. The molecule has 0 N–H and O–H groups in total. The summed E-state index contributed by atoms with van der Waals surface area (Å²) < 4.78 is 12.6. The molecule has 0 amide bonds. The Morgan fingerprint density at radius 3 is 2.56 bits per heavy atom. The Morgan fingerprint density at radius 1 is 1.30 bits per heavy atom. The molecule has 2 aromatic rings. The van der Waals surface area contributed by atoms with Gasteiger partial charge in [-0.25, -0.2) is 9.98 Å². The van der Waals surface area contributed by atoms with Gasteiger partial charge >= 0.3 is 12.0 Å². The molecule has 0 radical (unpaired) electrons. The van der Waals surface area contributed by atoms with Gasteiger partial charge in [-0.1, -0.05) is 6.58 Å². The number of aromatic nitrogens is 1. The third-order valence-corrected chi connectivity index (χ3v) is 3.50. The monoisotopic (exact) mass is 369 g/mol. The number of fused-ring (bicyclic) bond motifs is 1. The van der Waals surface area contributed by atoms with Crippen molar-refractivity contribution in [1.82, 2.24) is 4.57 Å². The summed E-state index contributed by atoms with van der Waals surface area (Å²) >= 11 is 0. The van der Waals surface area contributed by atoms with E-state index in [0.29, 0.717) is 22.2 Å². The molecule has 0 unspecified atom stereocenters. The van der Waals surface area contributed by atoms with E-state index in [1.807, 2.05) is 0 Å². The molecule has 0 aliphatic heterocycles. The molecule has 0 spiro atoms. The lowest BCUT2D eigenvalue weighted by molar-refractivity contribution is -0.155. The minimum atomic E-state index is -0.594. The van der Waals surface area contributed by atoms with Gasteiger partial charge in [0.15, 0.2) is 5.78 Å². The van der Waals surface area contributed by atoms with E-state index < -0.39 is 11.6 Å². The normalized spacial score (nSPS) is 11.9. The first-order valence-corrected chi connectivity index (χ1v) is 8.33. The van der Waals surface area contributed by atoms with E-state index in [-0.39, 0.29) is 18.3 Å². The first kappa shape index (κ1) is 20.1. The fourth-order valence-electron chi connectivity index (χ4n) is 2.54. The van der Waals surface area contributed by atoms with Crippen LogP contribution >= 0.6 is 0 Å². The smallest absolute Gasteiger partial charge is 0.326 e. The van der Waals surface area contributed by atoms with Crippen molar-refractivity contribution in [3.05, 3.63) is 42.7 Å². The number of aliphatic imine (C=N–C) groups is 2. The molecule has 1 heterocycles. The molecule has 0 saturated heterocycles. The topological polar surface area (TPSA) is 82.3 Å². The van der Waals surface area contributed by atoms with Crippen LogP contribution in [-0.2, 0) is 16.1 Å². The number of esters is 1. The van der Waals surface area contributed by atoms with Crippen LogP contribution in [0.5, 0.6) is 5.75 Å². The lowest BCUT2D eigenvalue weighted by Crippen LogP contribution is -2.26. The van der Waals surface area contributed by atoms with Gasteiger partial charge in [-0.05, 0) is 46.5 Å². The van der Waals surface area contributed by atoms with E-state index in [1.165, 1.54) is 13.1 Å². The molecule has 0 aliphatic carbocycles. The van der Waals surface area contributed by atoms with Crippen LogP contribution in [-0.4, -0.2) is 34.7 Å². The van der Waals surface area contributed by atoms with Crippen molar-refractivity contribution in [1.29, 1.82) is 0 Å². The first-order valence-electron chi connectivity index (χ1n) is 8.33. The molecule has 0 saturated carbocycles. The molecular weight excluding hydrogens is 346 g/mol. The lowest BCUT2D eigenvalue weighted by atomic mass is 10.1. The molecule has 2 rings (SSSR count). The lowest BCUT2D eigenvalue weighted by Gasteiger charge is -2.19. The van der Waals surface area contributed by atoms with Crippen LogP contribution < -0.4 is 4.74 Å². The minimum absolute atomic E-state index is 0.0299. The van der Waals surface area contributed by atoms with E-state index >= 15 is 0 Å². The highest BCUT2D eigenvalue weighted by Gasteiger charge is 2.19. The standard InChI is InChI=1S/C20H23N3O4/c1-7-22-19(21-6)26-14-8-9-15-16(13(2)24)11-23(17(15)10-14)12-18(25)27-20(3,4)5/h7-11H,1,6,12H2,2-5H3. The summed E-state index contributed by atoms with van der Waals surface area (Å²) in [6.45, 7) is 13.7. The zero-order valence-corrected chi connectivity index (χ0v) is 16.0. The number of nitrogens with zero attached hydrogens (tertiary/aromatic N) is 3. The maximum absolute atomic E-state index is 12.2. The van der Waals surface area contributed by atoms with E-state index in [0.717, 1.165) is 0 Å². The number of ketones is 1. The minimum Gasteiger partial charge on any atom is -0.459 e. The van der Waals surface area contributed by atoms with E-state index in [9.17, 15) is 9.59 Å². The zero-order valence-electron chi connectivity index (χ0n) is 16.0. The molecule has 142 valence electrons. The summed E-state index contributed by atoms with van der Waals surface area (Å²) in [5, 5.41) is 0.715. The molecule has 0 bridgehead atoms. The van der Waals surface area contributed by atoms with Gasteiger partial charge < -0.3 is 14.0 Å².